The van der Waals surface area contributed by atoms with Gasteiger partial charge in [0.25, 0.3) is 15.9 Å². The van der Waals surface area contributed by atoms with Crippen molar-refractivity contribution in [1.29, 1.82) is 0 Å². The number of carbonyl (C=O) groups is 1. The quantitative estimate of drug-likeness (QED) is 0.455. The van der Waals surface area contributed by atoms with Crippen LogP contribution in [0.2, 0.25) is 0 Å². The Morgan fingerprint density at radius 1 is 0.968 bits per heavy atom. The van der Waals surface area contributed by atoms with Gasteiger partial charge in [-0.1, -0.05) is 17.7 Å². The maximum absolute atomic E-state index is 12.5. The van der Waals surface area contributed by atoms with Gasteiger partial charge in [-0.2, -0.15) is 5.10 Å². The number of rotatable bonds is 6. The third-order valence-corrected chi connectivity index (χ3v) is 5.90. The highest BCUT2D eigenvalue weighted by Crippen LogP contribution is 2.31. The normalized spacial score (nSPS) is 12.7. The second-order valence-corrected chi connectivity index (χ2v) is 8.49. The summed E-state index contributed by atoms with van der Waals surface area (Å²) in [5.41, 5.74) is 4.83. The monoisotopic (exact) mass is 437 g/mol. The minimum Gasteiger partial charge on any atom is -0.454 e. The third-order valence-electron chi connectivity index (χ3n) is 4.51. The molecule has 1 aliphatic heterocycles. The highest BCUT2D eigenvalue weighted by atomic mass is 32.2. The van der Waals surface area contributed by atoms with Gasteiger partial charge in [-0.3, -0.25) is 9.52 Å². The number of sulfonamides is 1. The number of fused-ring (bicyclic) bond motifs is 1. The van der Waals surface area contributed by atoms with E-state index in [1.54, 1.807) is 30.3 Å². The number of carbonyl (C=O) groups excluding carboxylic acids is 1. The van der Waals surface area contributed by atoms with Crippen molar-refractivity contribution in [3.63, 3.8) is 0 Å². The second-order valence-electron chi connectivity index (χ2n) is 6.81. The van der Waals surface area contributed by atoms with Crippen LogP contribution in [-0.4, -0.2) is 27.3 Å². The Bertz CT molecular complexity index is 1240. The molecular formula is C22H19N3O5S. The topological polar surface area (TPSA) is 106 Å². The number of hydrazone groups is 1. The van der Waals surface area contributed by atoms with Crippen molar-refractivity contribution < 1.29 is 22.7 Å². The van der Waals surface area contributed by atoms with E-state index in [-0.39, 0.29) is 11.7 Å². The maximum Gasteiger partial charge on any atom is 0.271 e. The number of benzene rings is 3. The Morgan fingerprint density at radius 3 is 2.42 bits per heavy atom. The van der Waals surface area contributed by atoms with Crippen LogP contribution in [0.1, 0.15) is 21.5 Å². The summed E-state index contributed by atoms with van der Waals surface area (Å²) in [5.74, 6) is 0.864. The number of hydrogen-bond acceptors (Lipinski definition) is 6. The van der Waals surface area contributed by atoms with Crippen molar-refractivity contribution in [3.05, 3.63) is 83.4 Å². The van der Waals surface area contributed by atoms with Crippen molar-refractivity contribution in [3.8, 4) is 11.5 Å². The molecule has 0 atom stereocenters. The number of ether oxygens (including phenoxy) is 2. The van der Waals surface area contributed by atoms with E-state index in [0.717, 1.165) is 11.1 Å². The largest absolute Gasteiger partial charge is 0.454 e. The van der Waals surface area contributed by atoms with Gasteiger partial charge in [-0.15, -0.1) is 0 Å². The van der Waals surface area contributed by atoms with Crippen LogP contribution < -0.4 is 19.6 Å². The molecule has 1 heterocycles. The third kappa shape index (κ3) is 4.84. The fourth-order valence-electron chi connectivity index (χ4n) is 2.84. The summed E-state index contributed by atoms with van der Waals surface area (Å²) < 4.78 is 37.9. The van der Waals surface area contributed by atoms with Gasteiger partial charge >= 0.3 is 0 Å². The van der Waals surface area contributed by atoms with Gasteiger partial charge in [0, 0.05) is 11.3 Å². The Morgan fingerprint density at radius 2 is 1.68 bits per heavy atom. The number of nitrogens with one attached hydrogen (secondary N) is 2. The number of hydrogen-bond donors (Lipinski definition) is 2. The first kappa shape index (κ1) is 20.4. The highest BCUT2D eigenvalue weighted by Gasteiger charge is 2.15. The molecule has 158 valence electrons. The molecule has 2 N–H and O–H groups in total. The first-order chi connectivity index (χ1) is 14.9. The summed E-state index contributed by atoms with van der Waals surface area (Å²) in [5, 5.41) is 3.94. The number of nitrogens with zero attached hydrogens (tertiary/aromatic N) is 1. The number of anilines is 1. The van der Waals surface area contributed by atoms with E-state index in [2.05, 4.69) is 15.2 Å². The summed E-state index contributed by atoms with van der Waals surface area (Å²) in [6.07, 6.45) is 1.49. The van der Waals surface area contributed by atoms with Gasteiger partial charge < -0.3 is 9.47 Å². The fourth-order valence-corrected chi connectivity index (χ4v) is 3.90. The molecule has 0 bridgehead atoms. The van der Waals surface area contributed by atoms with Crippen molar-refractivity contribution in [2.24, 2.45) is 5.10 Å². The molecular weight excluding hydrogens is 418 g/mol. The number of amides is 1. The molecule has 0 aromatic heterocycles. The molecule has 0 saturated carbocycles. The molecule has 9 heteroatoms. The molecule has 0 fully saturated rings. The van der Waals surface area contributed by atoms with Gasteiger partial charge in [0.05, 0.1) is 11.1 Å². The first-order valence-electron chi connectivity index (χ1n) is 9.33. The van der Waals surface area contributed by atoms with Crippen molar-refractivity contribution in [1.82, 2.24) is 5.43 Å². The molecule has 3 aromatic carbocycles. The zero-order chi connectivity index (χ0) is 21.8. The Kier molecular flexibility index (Phi) is 5.59. The lowest BCUT2D eigenvalue weighted by Crippen LogP contribution is -2.18. The van der Waals surface area contributed by atoms with Crippen LogP contribution in [0.15, 0.2) is 76.7 Å². The van der Waals surface area contributed by atoms with Crippen LogP contribution in [0.4, 0.5) is 5.69 Å². The standard InChI is InChI=1S/C22H19N3O5S/c1-15-2-9-19(10-3-15)31(27,28)25-18-7-5-17(6-8-18)22(26)24-23-13-16-4-11-20-21(12-16)30-14-29-20/h2-13,25H,14H2,1H3,(H,24,26). The lowest BCUT2D eigenvalue weighted by molar-refractivity contribution is 0.0955. The van der Waals surface area contributed by atoms with Crippen LogP contribution in [0.25, 0.3) is 0 Å². The lowest BCUT2D eigenvalue weighted by atomic mass is 10.2. The molecule has 0 aliphatic carbocycles. The van der Waals surface area contributed by atoms with Gasteiger partial charge in [0.2, 0.25) is 6.79 Å². The Labute approximate surface area is 179 Å². The van der Waals surface area contributed by atoms with E-state index >= 15 is 0 Å². The van der Waals surface area contributed by atoms with E-state index in [1.165, 1.54) is 42.6 Å². The van der Waals surface area contributed by atoms with Crippen LogP contribution in [0, 0.1) is 6.92 Å². The molecule has 8 nitrogen and oxygen atoms in total. The van der Waals surface area contributed by atoms with E-state index in [0.29, 0.717) is 22.7 Å². The summed E-state index contributed by atoms with van der Waals surface area (Å²) in [6.45, 7) is 2.07. The molecule has 0 saturated heterocycles. The molecule has 0 spiro atoms. The van der Waals surface area contributed by atoms with Crippen molar-refractivity contribution in [2.45, 2.75) is 11.8 Å². The van der Waals surface area contributed by atoms with E-state index < -0.39 is 15.9 Å². The predicted octanol–water partition coefficient (Wildman–Crippen LogP) is 3.29. The van der Waals surface area contributed by atoms with E-state index in [9.17, 15) is 13.2 Å². The van der Waals surface area contributed by atoms with Crippen LogP contribution in [-0.2, 0) is 10.0 Å². The van der Waals surface area contributed by atoms with Crippen molar-refractivity contribution in [2.75, 3.05) is 11.5 Å². The molecule has 1 amide bonds. The molecule has 1 aliphatic rings. The first-order valence-corrected chi connectivity index (χ1v) is 10.8. The van der Waals surface area contributed by atoms with E-state index in [4.69, 9.17) is 9.47 Å². The fraction of sp³-hybridized carbons (Fsp3) is 0.0909. The minimum atomic E-state index is -3.71. The summed E-state index contributed by atoms with van der Waals surface area (Å²) in [4.78, 5) is 12.4. The average molecular weight is 437 g/mol. The zero-order valence-electron chi connectivity index (χ0n) is 16.5. The van der Waals surface area contributed by atoms with Crippen molar-refractivity contribution >= 4 is 27.8 Å². The van der Waals surface area contributed by atoms with Gasteiger partial charge in [-0.05, 0) is 67.1 Å². The maximum atomic E-state index is 12.5. The number of aryl methyl sites for hydroxylation is 1. The minimum absolute atomic E-state index is 0.165. The van der Waals surface area contributed by atoms with Gasteiger partial charge in [0.15, 0.2) is 11.5 Å². The summed E-state index contributed by atoms with van der Waals surface area (Å²) in [7, 11) is -3.71. The van der Waals surface area contributed by atoms with Gasteiger partial charge in [0.1, 0.15) is 0 Å². The molecule has 31 heavy (non-hydrogen) atoms. The smallest absolute Gasteiger partial charge is 0.271 e. The average Bonchev–Trinajstić information content (AvgIpc) is 3.22. The predicted molar refractivity (Wildman–Crippen MR) is 116 cm³/mol. The SMILES string of the molecule is Cc1ccc(S(=O)(=O)Nc2ccc(C(=O)NN=Cc3ccc4c(c3)OCO4)cc2)cc1. The molecule has 0 radical (unpaired) electrons. The molecule has 4 rings (SSSR count). The second kappa shape index (κ2) is 8.49. The molecule has 3 aromatic rings. The van der Waals surface area contributed by atoms with Crippen LogP contribution in [0.5, 0.6) is 11.5 Å². The zero-order valence-corrected chi connectivity index (χ0v) is 17.3. The van der Waals surface area contributed by atoms with Gasteiger partial charge in [-0.25, -0.2) is 13.8 Å². The molecule has 0 unspecified atom stereocenters. The van der Waals surface area contributed by atoms with E-state index in [1.807, 2.05) is 6.92 Å². The van der Waals surface area contributed by atoms with Crippen LogP contribution in [0.3, 0.4) is 0 Å². The summed E-state index contributed by atoms with van der Waals surface area (Å²) in [6, 6.07) is 17.9. The Hall–Kier alpha value is -3.85. The lowest BCUT2D eigenvalue weighted by Gasteiger charge is -2.09. The summed E-state index contributed by atoms with van der Waals surface area (Å²) >= 11 is 0. The van der Waals surface area contributed by atoms with Crippen LogP contribution >= 0.6 is 0 Å². The highest BCUT2D eigenvalue weighted by molar-refractivity contribution is 7.92. The Balaban J connectivity index is 1.37.